The highest BCUT2D eigenvalue weighted by Crippen LogP contribution is 2.22. The van der Waals surface area contributed by atoms with Crippen LogP contribution in [0.3, 0.4) is 0 Å². The maximum Gasteiger partial charge on any atom is 0.259 e. The minimum Gasteiger partial charge on any atom is -0.286 e. The molecule has 1 amide bonds. The molecule has 0 radical (unpaired) electrons. The zero-order chi connectivity index (χ0) is 16.2. The standard InChI is InChI=1S/C17H14BrFN2OS/c18-14-6-4-12(5-7-14)11-23-17-20-8-9-21(17)16(22)13-2-1-3-15(19)10-13/h1-7,10H,8-9,11H2. The van der Waals surface area contributed by atoms with E-state index in [2.05, 4.69) is 20.9 Å². The lowest BCUT2D eigenvalue weighted by Gasteiger charge is -2.18. The van der Waals surface area contributed by atoms with Crippen molar-refractivity contribution in [1.29, 1.82) is 0 Å². The average Bonchev–Trinajstić information content (AvgIpc) is 3.02. The Balaban J connectivity index is 1.67. The van der Waals surface area contributed by atoms with E-state index in [9.17, 15) is 9.18 Å². The Labute approximate surface area is 146 Å². The molecule has 0 bridgehead atoms. The summed E-state index contributed by atoms with van der Waals surface area (Å²) >= 11 is 4.93. The molecule has 2 aromatic rings. The Hall–Kier alpha value is -1.66. The van der Waals surface area contributed by atoms with Crippen LogP contribution in [-0.4, -0.2) is 29.1 Å². The maximum atomic E-state index is 13.3. The lowest BCUT2D eigenvalue weighted by molar-refractivity contribution is 0.0860. The first-order valence-electron chi connectivity index (χ1n) is 7.12. The number of hydrogen-bond acceptors (Lipinski definition) is 3. The molecule has 0 N–H and O–H groups in total. The third-order valence-electron chi connectivity index (χ3n) is 3.40. The zero-order valence-electron chi connectivity index (χ0n) is 12.2. The van der Waals surface area contributed by atoms with Crippen LogP contribution in [-0.2, 0) is 5.75 Å². The first-order valence-corrected chi connectivity index (χ1v) is 8.90. The summed E-state index contributed by atoms with van der Waals surface area (Å²) in [4.78, 5) is 18.5. The summed E-state index contributed by atoms with van der Waals surface area (Å²) in [5.74, 6) is 0.124. The van der Waals surface area contributed by atoms with Gasteiger partial charge in [-0.25, -0.2) is 4.39 Å². The normalized spacial score (nSPS) is 14.0. The maximum absolute atomic E-state index is 13.3. The summed E-state index contributed by atoms with van der Waals surface area (Å²) in [6.07, 6.45) is 0. The molecule has 3 nitrogen and oxygen atoms in total. The van der Waals surface area contributed by atoms with Crippen LogP contribution in [0, 0.1) is 5.82 Å². The number of benzene rings is 2. The van der Waals surface area contributed by atoms with Gasteiger partial charge in [-0.15, -0.1) is 0 Å². The minimum absolute atomic E-state index is 0.205. The molecule has 118 valence electrons. The highest BCUT2D eigenvalue weighted by Gasteiger charge is 2.25. The smallest absolute Gasteiger partial charge is 0.259 e. The highest BCUT2D eigenvalue weighted by atomic mass is 79.9. The molecular formula is C17H14BrFN2OS. The van der Waals surface area contributed by atoms with Crippen molar-refractivity contribution < 1.29 is 9.18 Å². The molecule has 2 aromatic carbocycles. The second-order valence-corrected chi connectivity index (χ2v) is 6.90. The number of thioether (sulfide) groups is 1. The van der Waals surface area contributed by atoms with Crippen molar-refractivity contribution in [1.82, 2.24) is 4.90 Å². The summed E-state index contributed by atoms with van der Waals surface area (Å²) in [6, 6.07) is 13.8. The lowest BCUT2D eigenvalue weighted by atomic mass is 10.2. The number of nitrogens with zero attached hydrogens (tertiary/aromatic N) is 2. The monoisotopic (exact) mass is 392 g/mol. The van der Waals surface area contributed by atoms with Crippen LogP contribution >= 0.6 is 27.7 Å². The molecule has 1 aliphatic rings. The van der Waals surface area contributed by atoms with Gasteiger partial charge in [-0.3, -0.25) is 14.7 Å². The molecular weight excluding hydrogens is 379 g/mol. The van der Waals surface area contributed by atoms with Gasteiger partial charge in [-0.05, 0) is 35.9 Å². The van der Waals surface area contributed by atoms with Gasteiger partial charge in [0.05, 0.1) is 6.54 Å². The van der Waals surface area contributed by atoms with Crippen molar-refractivity contribution in [2.45, 2.75) is 5.75 Å². The molecule has 0 atom stereocenters. The van der Waals surface area contributed by atoms with Crippen LogP contribution in [0.15, 0.2) is 58.0 Å². The number of halogens is 2. The fourth-order valence-corrected chi connectivity index (χ4v) is 3.51. The Morgan fingerprint density at radius 3 is 2.78 bits per heavy atom. The van der Waals surface area contributed by atoms with Gasteiger partial charge in [-0.1, -0.05) is 45.9 Å². The quantitative estimate of drug-likeness (QED) is 0.778. The van der Waals surface area contributed by atoms with Crippen LogP contribution < -0.4 is 0 Å². The molecule has 0 aliphatic carbocycles. The first-order chi connectivity index (χ1) is 11.1. The third kappa shape index (κ3) is 4.00. The van der Waals surface area contributed by atoms with Crippen molar-refractivity contribution in [2.24, 2.45) is 4.99 Å². The zero-order valence-corrected chi connectivity index (χ0v) is 14.6. The Morgan fingerprint density at radius 2 is 2.04 bits per heavy atom. The molecule has 0 saturated carbocycles. The van der Waals surface area contributed by atoms with E-state index in [1.807, 2.05) is 24.3 Å². The van der Waals surface area contributed by atoms with Crippen LogP contribution in [0.5, 0.6) is 0 Å². The fourth-order valence-electron chi connectivity index (χ4n) is 2.24. The summed E-state index contributed by atoms with van der Waals surface area (Å²) in [6.45, 7) is 1.13. The SMILES string of the molecule is O=C(c1cccc(F)c1)N1CCN=C1SCc1ccc(Br)cc1. The highest BCUT2D eigenvalue weighted by molar-refractivity contribution is 9.10. The predicted octanol–water partition coefficient (Wildman–Crippen LogP) is 4.33. The summed E-state index contributed by atoms with van der Waals surface area (Å²) in [7, 11) is 0. The van der Waals surface area contributed by atoms with Crippen molar-refractivity contribution >= 4 is 38.8 Å². The number of amides is 1. The van der Waals surface area contributed by atoms with E-state index in [0.29, 0.717) is 23.8 Å². The van der Waals surface area contributed by atoms with Crippen LogP contribution in [0.2, 0.25) is 0 Å². The molecule has 23 heavy (non-hydrogen) atoms. The molecule has 1 heterocycles. The molecule has 0 unspecified atom stereocenters. The molecule has 0 fully saturated rings. The number of carbonyl (C=O) groups is 1. The molecule has 0 saturated heterocycles. The van der Waals surface area contributed by atoms with Gasteiger partial charge >= 0.3 is 0 Å². The van der Waals surface area contributed by atoms with Crippen molar-refractivity contribution in [2.75, 3.05) is 13.1 Å². The van der Waals surface area contributed by atoms with Crippen molar-refractivity contribution in [3.63, 3.8) is 0 Å². The van der Waals surface area contributed by atoms with Crippen molar-refractivity contribution in [3.05, 3.63) is 69.9 Å². The van der Waals surface area contributed by atoms with Gasteiger partial charge in [0.25, 0.3) is 5.91 Å². The Morgan fingerprint density at radius 1 is 1.26 bits per heavy atom. The Bertz CT molecular complexity index is 749. The van der Waals surface area contributed by atoms with Crippen LogP contribution in [0.1, 0.15) is 15.9 Å². The third-order valence-corrected chi connectivity index (χ3v) is 5.01. The van der Waals surface area contributed by atoms with E-state index in [-0.39, 0.29) is 5.91 Å². The number of hydrogen-bond donors (Lipinski definition) is 0. The molecule has 6 heteroatoms. The predicted molar refractivity (Wildman–Crippen MR) is 95.2 cm³/mol. The van der Waals surface area contributed by atoms with Gasteiger partial charge in [0.15, 0.2) is 5.17 Å². The number of carbonyl (C=O) groups excluding carboxylic acids is 1. The first kappa shape index (κ1) is 16.2. The van der Waals surface area contributed by atoms with E-state index in [1.54, 1.807) is 17.0 Å². The van der Waals surface area contributed by atoms with Gasteiger partial charge in [0, 0.05) is 22.3 Å². The molecule has 1 aliphatic heterocycles. The fraction of sp³-hybridized carbons (Fsp3) is 0.176. The second-order valence-electron chi connectivity index (χ2n) is 5.05. The number of rotatable bonds is 3. The summed E-state index contributed by atoms with van der Waals surface area (Å²) < 4.78 is 14.3. The van der Waals surface area contributed by atoms with E-state index in [0.717, 1.165) is 15.8 Å². The molecule has 3 rings (SSSR count). The van der Waals surface area contributed by atoms with E-state index in [4.69, 9.17) is 0 Å². The lowest BCUT2D eigenvalue weighted by Crippen LogP contribution is -2.32. The number of amidine groups is 1. The largest absolute Gasteiger partial charge is 0.286 e. The molecule has 0 spiro atoms. The number of aliphatic imine (C=N–C) groups is 1. The van der Waals surface area contributed by atoms with E-state index < -0.39 is 5.82 Å². The summed E-state index contributed by atoms with van der Waals surface area (Å²) in [5.41, 5.74) is 1.51. The average molecular weight is 393 g/mol. The van der Waals surface area contributed by atoms with Gasteiger partial charge in [-0.2, -0.15) is 0 Å². The second kappa shape index (κ2) is 7.27. The van der Waals surface area contributed by atoms with Gasteiger partial charge < -0.3 is 0 Å². The van der Waals surface area contributed by atoms with Crippen LogP contribution in [0.25, 0.3) is 0 Å². The summed E-state index contributed by atoms with van der Waals surface area (Å²) in [5, 5.41) is 0.696. The topological polar surface area (TPSA) is 32.7 Å². The minimum atomic E-state index is -0.406. The van der Waals surface area contributed by atoms with E-state index in [1.165, 1.54) is 23.9 Å². The van der Waals surface area contributed by atoms with Crippen LogP contribution in [0.4, 0.5) is 4.39 Å². The Kier molecular flexibility index (Phi) is 5.13. The van der Waals surface area contributed by atoms with Gasteiger partial charge in [0.2, 0.25) is 0 Å². The molecule has 0 aromatic heterocycles. The van der Waals surface area contributed by atoms with E-state index >= 15 is 0 Å². The van der Waals surface area contributed by atoms with Gasteiger partial charge in [0.1, 0.15) is 5.82 Å². The van der Waals surface area contributed by atoms with Crippen molar-refractivity contribution in [3.8, 4) is 0 Å².